The first-order valence-electron chi connectivity index (χ1n) is 2.06. The van der Waals surface area contributed by atoms with E-state index in [9.17, 15) is 0 Å². The van der Waals surface area contributed by atoms with E-state index in [1.807, 2.05) is 6.42 Å². The third-order valence-corrected chi connectivity index (χ3v) is 0.675. The van der Waals surface area contributed by atoms with Crippen LogP contribution in [-0.2, 0) is 9.78 Å². The molecule has 2 nitrogen and oxygen atoms in total. The standard InChI is InChI=1S/C4H7O2/c1-2-4-6-5-3-1/h1H,2-4H2. The van der Waals surface area contributed by atoms with Crippen LogP contribution in [0.4, 0.5) is 0 Å². The maximum atomic E-state index is 4.54. The van der Waals surface area contributed by atoms with E-state index in [-0.39, 0.29) is 0 Å². The highest BCUT2D eigenvalue weighted by atomic mass is 17.2. The largest absolute Gasteiger partial charge is 0.237 e. The molecule has 0 atom stereocenters. The fourth-order valence-electron chi connectivity index (χ4n) is 0.370. The minimum absolute atomic E-state index is 0.653. The van der Waals surface area contributed by atoms with Crippen molar-refractivity contribution in [2.24, 2.45) is 0 Å². The Bertz CT molecular complexity index is 21.0. The van der Waals surface area contributed by atoms with Crippen molar-refractivity contribution in [2.75, 3.05) is 13.2 Å². The molecule has 1 heterocycles. The molecule has 1 rings (SSSR count). The predicted molar refractivity (Wildman–Crippen MR) is 20.8 cm³/mol. The molecule has 0 amide bonds. The van der Waals surface area contributed by atoms with Crippen molar-refractivity contribution in [1.29, 1.82) is 0 Å². The van der Waals surface area contributed by atoms with Crippen LogP contribution in [0.2, 0.25) is 0 Å². The highest BCUT2D eigenvalue weighted by Gasteiger charge is 1.96. The van der Waals surface area contributed by atoms with Gasteiger partial charge in [-0.3, -0.25) is 0 Å². The molecule has 35 valence electrons. The second-order valence-electron chi connectivity index (χ2n) is 1.18. The van der Waals surface area contributed by atoms with Gasteiger partial charge in [0.05, 0.1) is 13.2 Å². The molecular weight excluding hydrogens is 80.0 g/mol. The summed E-state index contributed by atoms with van der Waals surface area (Å²) >= 11 is 0. The topological polar surface area (TPSA) is 18.5 Å². The molecule has 6 heavy (non-hydrogen) atoms. The third kappa shape index (κ3) is 0.954. The monoisotopic (exact) mass is 87.0 g/mol. The molecule has 1 radical (unpaired) electrons. The van der Waals surface area contributed by atoms with Gasteiger partial charge in [-0.2, -0.15) is 0 Å². The summed E-state index contributed by atoms with van der Waals surface area (Å²) in [6, 6.07) is 0. The molecule has 0 aromatic rings. The first-order chi connectivity index (χ1) is 3.00. The van der Waals surface area contributed by atoms with Gasteiger partial charge >= 0.3 is 0 Å². The molecule has 0 bridgehead atoms. The molecule has 0 aromatic carbocycles. The van der Waals surface area contributed by atoms with Gasteiger partial charge in [-0.25, -0.2) is 9.78 Å². The highest BCUT2D eigenvalue weighted by Crippen LogP contribution is 1.96. The molecule has 1 aliphatic rings. The van der Waals surface area contributed by atoms with E-state index < -0.39 is 0 Å². The average Bonchev–Trinajstić information content (AvgIpc) is 1.72. The summed E-state index contributed by atoms with van der Waals surface area (Å²) in [7, 11) is 0. The smallest absolute Gasteiger partial charge is 0.0854 e. The van der Waals surface area contributed by atoms with Crippen LogP contribution in [-0.4, -0.2) is 13.2 Å². The van der Waals surface area contributed by atoms with E-state index in [0.717, 1.165) is 13.0 Å². The van der Waals surface area contributed by atoms with Crippen LogP contribution < -0.4 is 0 Å². The molecule has 2 heteroatoms. The zero-order valence-corrected chi connectivity index (χ0v) is 3.52. The Hall–Kier alpha value is -0.0800. The first-order valence-corrected chi connectivity index (χ1v) is 2.06. The van der Waals surface area contributed by atoms with Gasteiger partial charge in [-0.15, -0.1) is 0 Å². The Morgan fingerprint density at radius 2 is 2.33 bits per heavy atom. The number of hydrogen-bond donors (Lipinski definition) is 0. The van der Waals surface area contributed by atoms with Gasteiger partial charge in [0.2, 0.25) is 0 Å². The number of rotatable bonds is 0. The van der Waals surface area contributed by atoms with Gasteiger partial charge in [0, 0.05) is 0 Å². The summed E-state index contributed by atoms with van der Waals surface area (Å²) in [6.45, 7) is 1.38. The van der Waals surface area contributed by atoms with E-state index in [1.165, 1.54) is 0 Å². The molecular formula is C4H7O2. The van der Waals surface area contributed by atoms with E-state index in [2.05, 4.69) is 9.78 Å². The van der Waals surface area contributed by atoms with Crippen LogP contribution in [0.5, 0.6) is 0 Å². The normalized spacial score (nSPS) is 24.0. The summed E-state index contributed by atoms with van der Waals surface area (Å²) < 4.78 is 0. The zero-order valence-electron chi connectivity index (χ0n) is 3.52. The van der Waals surface area contributed by atoms with Gasteiger partial charge in [0.15, 0.2) is 0 Å². The Morgan fingerprint density at radius 1 is 1.33 bits per heavy atom. The Kier molecular flexibility index (Phi) is 1.47. The second-order valence-corrected chi connectivity index (χ2v) is 1.18. The van der Waals surface area contributed by atoms with E-state index in [1.54, 1.807) is 0 Å². The van der Waals surface area contributed by atoms with Gasteiger partial charge in [-0.05, 0) is 12.8 Å². The second kappa shape index (κ2) is 2.16. The van der Waals surface area contributed by atoms with E-state index in [4.69, 9.17) is 0 Å². The summed E-state index contributed by atoms with van der Waals surface area (Å²) in [5.41, 5.74) is 0. The third-order valence-electron chi connectivity index (χ3n) is 0.675. The van der Waals surface area contributed by atoms with Crippen LogP contribution in [0, 0.1) is 6.42 Å². The van der Waals surface area contributed by atoms with Gasteiger partial charge in [0.25, 0.3) is 0 Å². The predicted octanol–water partition coefficient (Wildman–Crippen LogP) is 0.543. The molecule has 1 saturated heterocycles. The van der Waals surface area contributed by atoms with E-state index >= 15 is 0 Å². The molecule has 0 spiro atoms. The maximum Gasteiger partial charge on any atom is 0.0854 e. The molecule has 0 aromatic heterocycles. The van der Waals surface area contributed by atoms with Gasteiger partial charge in [0.1, 0.15) is 0 Å². The van der Waals surface area contributed by atoms with Crippen LogP contribution in [0.15, 0.2) is 0 Å². The number of hydrogen-bond acceptors (Lipinski definition) is 2. The fourth-order valence-corrected chi connectivity index (χ4v) is 0.370. The minimum atomic E-state index is 0.653. The lowest BCUT2D eigenvalue weighted by molar-refractivity contribution is -0.301. The molecule has 0 aliphatic carbocycles. The molecule has 1 fully saturated rings. The van der Waals surface area contributed by atoms with Gasteiger partial charge in [-0.1, -0.05) is 0 Å². The van der Waals surface area contributed by atoms with Crippen LogP contribution >= 0.6 is 0 Å². The molecule has 0 saturated carbocycles. The van der Waals surface area contributed by atoms with Crippen LogP contribution in [0.3, 0.4) is 0 Å². The van der Waals surface area contributed by atoms with Gasteiger partial charge < -0.3 is 0 Å². The summed E-state index contributed by atoms with van der Waals surface area (Å²) in [4.78, 5) is 9.05. The highest BCUT2D eigenvalue weighted by molar-refractivity contribution is 4.62. The van der Waals surface area contributed by atoms with Crippen molar-refractivity contribution in [3.05, 3.63) is 6.42 Å². The quantitative estimate of drug-likeness (QED) is 0.401. The van der Waals surface area contributed by atoms with Crippen LogP contribution in [0.1, 0.15) is 6.42 Å². The lowest BCUT2D eigenvalue weighted by atomic mass is 10.3. The summed E-state index contributed by atoms with van der Waals surface area (Å²) in [6.07, 6.45) is 3.07. The summed E-state index contributed by atoms with van der Waals surface area (Å²) in [5.74, 6) is 0. The molecule has 0 unspecified atom stereocenters. The minimum Gasteiger partial charge on any atom is -0.237 e. The van der Waals surface area contributed by atoms with Crippen LogP contribution in [0.25, 0.3) is 0 Å². The molecule has 0 N–H and O–H groups in total. The average molecular weight is 87.1 g/mol. The van der Waals surface area contributed by atoms with Crippen molar-refractivity contribution in [1.82, 2.24) is 0 Å². The Morgan fingerprint density at radius 3 is 2.50 bits per heavy atom. The van der Waals surface area contributed by atoms with Crippen molar-refractivity contribution in [3.8, 4) is 0 Å². The summed E-state index contributed by atoms with van der Waals surface area (Å²) in [5, 5.41) is 0. The molecule has 1 aliphatic heterocycles. The fraction of sp³-hybridized carbons (Fsp3) is 0.750. The van der Waals surface area contributed by atoms with Crippen molar-refractivity contribution >= 4 is 0 Å². The maximum absolute atomic E-state index is 4.54. The lowest BCUT2D eigenvalue weighted by Gasteiger charge is -2.07. The lowest BCUT2D eigenvalue weighted by Crippen LogP contribution is -2.06. The zero-order chi connectivity index (χ0) is 4.24. The van der Waals surface area contributed by atoms with E-state index in [0.29, 0.717) is 6.61 Å². The Balaban J connectivity index is 2.00. The SMILES string of the molecule is [CH]1CCOOC1. The van der Waals surface area contributed by atoms with Crippen molar-refractivity contribution in [3.63, 3.8) is 0 Å². The van der Waals surface area contributed by atoms with Crippen molar-refractivity contribution in [2.45, 2.75) is 6.42 Å². The van der Waals surface area contributed by atoms with Crippen molar-refractivity contribution < 1.29 is 9.78 Å². The first kappa shape index (κ1) is 4.09. The Labute approximate surface area is 37.0 Å².